The highest BCUT2D eigenvalue weighted by Crippen LogP contribution is 2.32. The zero-order valence-electron chi connectivity index (χ0n) is 21.2. The van der Waals surface area contributed by atoms with E-state index in [0.717, 1.165) is 44.8 Å². The molecule has 3 unspecified atom stereocenters. The van der Waals surface area contributed by atoms with Gasteiger partial charge in [0.2, 0.25) is 0 Å². The van der Waals surface area contributed by atoms with Crippen molar-refractivity contribution in [1.29, 1.82) is 0 Å². The van der Waals surface area contributed by atoms with E-state index in [9.17, 15) is 4.39 Å². The molecule has 3 rings (SSSR count). The predicted octanol–water partition coefficient (Wildman–Crippen LogP) is 2.45. The van der Waals surface area contributed by atoms with Crippen molar-refractivity contribution in [2.75, 3.05) is 33.2 Å². The van der Waals surface area contributed by atoms with Crippen molar-refractivity contribution in [2.45, 2.75) is 89.8 Å². The maximum Gasteiger partial charge on any atom is 0.102 e. The zero-order chi connectivity index (χ0) is 23.6. The molecule has 0 amide bonds. The molecule has 3 fully saturated rings. The highest BCUT2D eigenvalue weighted by Gasteiger charge is 2.34. The molecule has 1 heterocycles. The minimum Gasteiger partial charge on any atom is -0.374 e. The minimum absolute atomic E-state index is 0.0522. The lowest BCUT2D eigenvalue weighted by molar-refractivity contribution is 0.157. The average Bonchev–Trinajstić information content (AvgIpc) is 3.50. The van der Waals surface area contributed by atoms with Crippen LogP contribution in [-0.4, -0.2) is 62.8 Å². The van der Waals surface area contributed by atoms with Gasteiger partial charge in [-0.2, -0.15) is 0 Å². The number of halogens is 1. The molecule has 7 nitrogen and oxygen atoms in total. The molecule has 33 heavy (non-hydrogen) atoms. The molecule has 3 aliphatic rings. The van der Waals surface area contributed by atoms with Gasteiger partial charge in [0.25, 0.3) is 0 Å². The van der Waals surface area contributed by atoms with Crippen LogP contribution in [0.1, 0.15) is 65.2 Å². The standard InChI is InChI=1S/C25H50FN7/c1-5-20(22-14-29-33(17-22)16-19-7-8-19)13-24(31-32-25(15-27-4)28-6-2)30-18(3)21-9-11-23(26)12-10-21/h6,18-25,27-32H,2,5,7-17H2,1,3-4H3/t18-,20?,21?,22?,23?,24?,25-/m0/s1. The third-order valence-electron chi connectivity index (χ3n) is 7.97. The highest BCUT2D eigenvalue weighted by atomic mass is 19.1. The molecule has 2 saturated carbocycles. The Hall–Kier alpha value is -0.770. The number of hydrogen-bond donors (Lipinski definition) is 6. The fraction of sp³-hybridized carbons (Fsp3) is 0.920. The van der Waals surface area contributed by atoms with E-state index in [-0.39, 0.29) is 12.3 Å². The smallest absolute Gasteiger partial charge is 0.102 e. The number of hydrazine groups is 2. The van der Waals surface area contributed by atoms with E-state index in [4.69, 9.17) is 0 Å². The normalized spacial score (nSPS) is 30.0. The molecule has 0 aromatic heterocycles. The van der Waals surface area contributed by atoms with E-state index in [0.29, 0.717) is 36.6 Å². The lowest BCUT2D eigenvalue weighted by atomic mass is 9.83. The van der Waals surface area contributed by atoms with E-state index in [1.54, 1.807) is 6.20 Å². The van der Waals surface area contributed by atoms with Crippen molar-refractivity contribution in [1.82, 2.24) is 37.2 Å². The van der Waals surface area contributed by atoms with Crippen molar-refractivity contribution in [2.24, 2.45) is 23.7 Å². The maximum atomic E-state index is 13.7. The zero-order valence-corrected chi connectivity index (χ0v) is 21.2. The Morgan fingerprint density at radius 1 is 1.09 bits per heavy atom. The number of alkyl halides is 1. The van der Waals surface area contributed by atoms with E-state index in [1.807, 2.05) is 7.05 Å². The fourth-order valence-corrected chi connectivity index (χ4v) is 5.62. The molecule has 0 aromatic rings. The summed E-state index contributed by atoms with van der Waals surface area (Å²) >= 11 is 0. The van der Waals surface area contributed by atoms with Gasteiger partial charge in [-0.3, -0.25) is 10.7 Å². The number of hydrogen-bond acceptors (Lipinski definition) is 7. The van der Waals surface area contributed by atoms with Gasteiger partial charge in [0.1, 0.15) is 12.3 Å². The van der Waals surface area contributed by atoms with Crippen LogP contribution in [0, 0.1) is 23.7 Å². The topological polar surface area (TPSA) is 75.4 Å². The van der Waals surface area contributed by atoms with Gasteiger partial charge in [-0.15, -0.1) is 0 Å². The van der Waals surface area contributed by atoms with Gasteiger partial charge < -0.3 is 10.6 Å². The van der Waals surface area contributed by atoms with Crippen LogP contribution in [0.25, 0.3) is 0 Å². The highest BCUT2D eigenvalue weighted by molar-refractivity contribution is 4.87. The third kappa shape index (κ3) is 9.07. The Morgan fingerprint density at radius 2 is 1.82 bits per heavy atom. The summed E-state index contributed by atoms with van der Waals surface area (Å²) < 4.78 is 13.7. The Balaban J connectivity index is 1.56. The van der Waals surface area contributed by atoms with Gasteiger partial charge in [-0.1, -0.05) is 19.9 Å². The van der Waals surface area contributed by atoms with E-state index in [1.165, 1.54) is 25.8 Å². The van der Waals surface area contributed by atoms with Gasteiger partial charge >= 0.3 is 0 Å². The van der Waals surface area contributed by atoms with Crippen molar-refractivity contribution in [3.63, 3.8) is 0 Å². The van der Waals surface area contributed by atoms with Crippen LogP contribution in [0.2, 0.25) is 0 Å². The number of nitrogens with zero attached hydrogens (tertiary/aromatic N) is 1. The summed E-state index contributed by atoms with van der Waals surface area (Å²) in [5.41, 5.74) is 10.7. The van der Waals surface area contributed by atoms with E-state index in [2.05, 4.69) is 57.7 Å². The first-order valence-corrected chi connectivity index (χ1v) is 13.4. The second-order valence-corrected chi connectivity index (χ2v) is 10.7. The molecule has 6 N–H and O–H groups in total. The number of nitrogens with one attached hydrogen (secondary N) is 6. The van der Waals surface area contributed by atoms with Crippen LogP contribution in [-0.2, 0) is 0 Å². The van der Waals surface area contributed by atoms with Crippen LogP contribution in [0.4, 0.5) is 4.39 Å². The quantitative estimate of drug-likeness (QED) is 0.154. The number of likely N-dealkylation sites (N-methyl/N-ethyl adjacent to an activating group) is 1. The molecule has 0 aromatic carbocycles. The number of rotatable bonds is 16. The van der Waals surface area contributed by atoms with E-state index < -0.39 is 6.17 Å². The van der Waals surface area contributed by atoms with Crippen molar-refractivity contribution >= 4 is 0 Å². The molecule has 192 valence electrons. The van der Waals surface area contributed by atoms with Crippen LogP contribution in [0.3, 0.4) is 0 Å². The Morgan fingerprint density at radius 3 is 2.45 bits per heavy atom. The SMILES string of the molecule is C=CN[C@H](CNC)NNC(CC(CC)C1CNN(CC2CC2)C1)N[C@@H](C)C1CCC(F)CC1. The Kier molecular flexibility index (Phi) is 11.3. The minimum atomic E-state index is -0.603. The molecule has 0 radical (unpaired) electrons. The summed E-state index contributed by atoms with van der Waals surface area (Å²) in [6.45, 7) is 12.6. The fourth-order valence-electron chi connectivity index (χ4n) is 5.62. The molecule has 0 spiro atoms. The van der Waals surface area contributed by atoms with Gasteiger partial charge in [-0.05, 0) is 88.8 Å². The molecular weight excluding hydrogens is 417 g/mol. The summed E-state index contributed by atoms with van der Waals surface area (Å²) in [6.07, 6.45) is 9.75. The second kappa shape index (κ2) is 14.0. The first-order chi connectivity index (χ1) is 16.0. The van der Waals surface area contributed by atoms with E-state index >= 15 is 0 Å². The van der Waals surface area contributed by atoms with Gasteiger partial charge in [0.15, 0.2) is 0 Å². The van der Waals surface area contributed by atoms with Crippen LogP contribution < -0.4 is 32.2 Å². The van der Waals surface area contributed by atoms with Gasteiger partial charge in [0, 0.05) is 32.2 Å². The van der Waals surface area contributed by atoms with Crippen molar-refractivity contribution in [3.8, 4) is 0 Å². The maximum absolute atomic E-state index is 13.7. The monoisotopic (exact) mass is 467 g/mol. The van der Waals surface area contributed by atoms with Crippen LogP contribution >= 0.6 is 0 Å². The van der Waals surface area contributed by atoms with Gasteiger partial charge in [-0.25, -0.2) is 20.3 Å². The molecule has 0 bridgehead atoms. The average molecular weight is 468 g/mol. The third-order valence-corrected chi connectivity index (χ3v) is 7.97. The summed E-state index contributed by atoms with van der Waals surface area (Å²) in [4.78, 5) is 0. The summed E-state index contributed by atoms with van der Waals surface area (Å²) in [5, 5.41) is 12.8. The second-order valence-electron chi connectivity index (χ2n) is 10.7. The summed E-state index contributed by atoms with van der Waals surface area (Å²) in [7, 11) is 1.95. The first kappa shape index (κ1) is 26.8. The molecule has 2 aliphatic carbocycles. The molecule has 5 atom stereocenters. The lowest BCUT2D eigenvalue weighted by Crippen LogP contribution is -2.60. The Bertz CT molecular complexity index is 553. The van der Waals surface area contributed by atoms with Crippen LogP contribution in [0.5, 0.6) is 0 Å². The van der Waals surface area contributed by atoms with Crippen molar-refractivity contribution in [3.05, 3.63) is 12.8 Å². The molecular formula is C25H50FN7. The largest absolute Gasteiger partial charge is 0.374 e. The van der Waals surface area contributed by atoms with Gasteiger partial charge in [0.05, 0.1) is 6.17 Å². The van der Waals surface area contributed by atoms with Crippen molar-refractivity contribution < 1.29 is 4.39 Å². The molecule has 8 heteroatoms. The first-order valence-electron chi connectivity index (χ1n) is 13.4. The molecule has 1 saturated heterocycles. The van der Waals surface area contributed by atoms with Crippen LogP contribution in [0.15, 0.2) is 12.8 Å². The Labute approximate surface area is 201 Å². The lowest BCUT2D eigenvalue weighted by Gasteiger charge is -2.36. The predicted molar refractivity (Wildman–Crippen MR) is 135 cm³/mol. The molecule has 1 aliphatic heterocycles. The summed E-state index contributed by atoms with van der Waals surface area (Å²) in [5.74, 6) is 2.77. The summed E-state index contributed by atoms with van der Waals surface area (Å²) in [6, 6.07) is 0.359.